The van der Waals surface area contributed by atoms with E-state index in [9.17, 15) is 19.4 Å². The van der Waals surface area contributed by atoms with E-state index < -0.39 is 19.4 Å². The molecular formula is C23H37O4P. The third-order valence-corrected chi connectivity index (χ3v) is 6.21. The summed E-state index contributed by atoms with van der Waals surface area (Å²) in [7, 11) is -2.78. The molecule has 0 aromatic heterocycles. The largest absolute Gasteiger partial charge is 0.596 e. The molecule has 0 saturated heterocycles. The molecule has 1 rings (SSSR count). The number of hydrogen-bond acceptors (Lipinski definition) is 3. The molecule has 158 valence electrons. The average Bonchev–Trinajstić information content (AvgIpc) is 2.62. The fraction of sp³-hybridized carbons (Fsp3) is 0.696. The first-order valence-electron chi connectivity index (χ1n) is 10.8. The van der Waals surface area contributed by atoms with Gasteiger partial charge >= 0.3 is 14.0 Å². The molecule has 0 aliphatic rings. The van der Waals surface area contributed by atoms with Gasteiger partial charge in [0.25, 0.3) is 0 Å². The highest BCUT2D eigenvalue weighted by molar-refractivity contribution is 7.36. The first-order valence-corrected chi connectivity index (χ1v) is 12.1. The fourth-order valence-electron chi connectivity index (χ4n) is 3.83. The molecule has 1 aromatic rings. The average molecular weight is 409 g/mol. The van der Waals surface area contributed by atoms with Crippen molar-refractivity contribution in [1.82, 2.24) is 0 Å². The highest BCUT2D eigenvalue weighted by atomic mass is 31.1. The number of unbranched alkanes of at least 4 members (excludes halogenated alkanes) is 7. The summed E-state index contributed by atoms with van der Waals surface area (Å²) in [5.74, 6) is -0.519. The first-order chi connectivity index (χ1) is 13.3. The molecule has 0 radical (unpaired) electrons. The maximum atomic E-state index is 12.2. The smallest absolute Gasteiger partial charge is 0.318 e. The van der Waals surface area contributed by atoms with Gasteiger partial charge in [0.15, 0.2) is 6.16 Å². The van der Waals surface area contributed by atoms with Gasteiger partial charge in [0.05, 0.1) is 0 Å². The molecule has 0 aliphatic heterocycles. The summed E-state index contributed by atoms with van der Waals surface area (Å²) in [5, 5.41) is 9.97. The molecular weight excluding hydrogens is 371 g/mol. The van der Waals surface area contributed by atoms with Crippen LogP contribution in [0.15, 0.2) is 24.3 Å². The fourth-order valence-corrected chi connectivity index (χ4v) is 4.74. The molecule has 4 nitrogen and oxygen atoms in total. The SMILES string of the molecule is CCCCCCCCCCC(C[P+](=O)[O-])(C(=O)O)c1ccc(CC(C)C)cc1. The molecule has 1 N–H and O–H groups in total. The second-order valence-electron chi connectivity index (χ2n) is 8.40. The highest BCUT2D eigenvalue weighted by Crippen LogP contribution is 2.37. The van der Waals surface area contributed by atoms with Crippen molar-refractivity contribution < 1.29 is 19.4 Å². The van der Waals surface area contributed by atoms with Crippen molar-refractivity contribution in [2.75, 3.05) is 6.16 Å². The van der Waals surface area contributed by atoms with Crippen LogP contribution in [0.5, 0.6) is 0 Å². The van der Waals surface area contributed by atoms with E-state index in [1.807, 2.05) is 24.3 Å². The lowest BCUT2D eigenvalue weighted by molar-refractivity contribution is -0.167. The minimum absolute atomic E-state index is 0.336. The first kappa shape index (κ1) is 24.8. The molecule has 5 heteroatoms. The van der Waals surface area contributed by atoms with E-state index in [2.05, 4.69) is 20.8 Å². The Labute approximate surface area is 171 Å². The van der Waals surface area contributed by atoms with Crippen LogP contribution in [-0.4, -0.2) is 17.2 Å². The van der Waals surface area contributed by atoms with E-state index in [1.54, 1.807) is 0 Å². The van der Waals surface area contributed by atoms with Crippen molar-refractivity contribution in [3.05, 3.63) is 35.4 Å². The zero-order valence-electron chi connectivity index (χ0n) is 17.8. The van der Waals surface area contributed by atoms with Gasteiger partial charge < -0.3 is 10.00 Å². The molecule has 28 heavy (non-hydrogen) atoms. The van der Waals surface area contributed by atoms with E-state index in [0.29, 0.717) is 17.9 Å². The molecule has 0 saturated carbocycles. The summed E-state index contributed by atoms with van der Waals surface area (Å²) >= 11 is 0. The van der Waals surface area contributed by atoms with Crippen molar-refractivity contribution in [3.8, 4) is 0 Å². The number of carbonyl (C=O) groups is 1. The van der Waals surface area contributed by atoms with Gasteiger partial charge in [0.1, 0.15) is 5.41 Å². The van der Waals surface area contributed by atoms with Crippen LogP contribution in [0.4, 0.5) is 0 Å². The molecule has 2 unspecified atom stereocenters. The molecule has 0 bridgehead atoms. The van der Waals surface area contributed by atoms with Crippen LogP contribution in [0.3, 0.4) is 0 Å². The van der Waals surface area contributed by atoms with Gasteiger partial charge in [-0.05, 0) is 29.9 Å². The Morgan fingerprint density at radius 2 is 1.57 bits per heavy atom. The standard InChI is InChI=1S/C23H37O4P/c1-4-5-6-7-8-9-10-11-16-23(22(24)25,18-28(26)27)21-14-12-20(13-15-21)17-19(2)3/h12-15,19H,4-11,16-18H2,1-3H3,(H,24,25). The third kappa shape index (κ3) is 8.41. The van der Waals surface area contributed by atoms with Crippen LogP contribution in [0.2, 0.25) is 0 Å². The number of carboxylic acids is 1. The lowest BCUT2D eigenvalue weighted by Crippen LogP contribution is -2.39. The van der Waals surface area contributed by atoms with Crippen LogP contribution >= 0.6 is 8.03 Å². The van der Waals surface area contributed by atoms with Gasteiger partial charge in [-0.2, -0.15) is 0 Å². The zero-order chi connectivity index (χ0) is 21.0. The molecule has 0 spiro atoms. The van der Waals surface area contributed by atoms with E-state index in [-0.39, 0.29) is 6.16 Å². The maximum absolute atomic E-state index is 12.2. The van der Waals surface area contributed by atoms with Crippen LogP contribution < -0.4 is 4.89 Å². The van der Waals surface area contributed by atoms with Gasteiger partial charge in [-0.1, -0.05) is 101 Å². The molecule has 0 aliphatic carbocycles. The Morgan fingerprint density at radius 3 is 2.04 bits per heavy atom. The van der Waals surface area contributed by atoms with Crippen LogP contribution in [0.1, 0.15) is 89.7 Å². The van der Waals surface area contributed by atoms with Crippen molar-refractivity contribution in [2.45, 2.75) is 90.4 Å². The molecule has 0 amide bonds. The summed E-state index contributed by atoms with van der Waals surface area (Å²) in [6.07, 6.45) is 9.86. The van der Waals surface area contributed by atoms with Crippen molar-refractivity contribution >= 4 is 14.0 Å². The van der Waals surface area contributed by atoms with E-state index in [4.69, 9.17) is 0 Å². The minimum Gasteiger partial charge on any atom is -0.596 e. The molecule has 0 fully saturated rings. The Morgan fingerprint density at radius 1 is 1.04 bits per heavy atom. The number of benzene rings is 1. The monoisotopic (exact) mass is 408 g/mol. The van der Waals surface area contributed by atoms with Gasteiger partial charge in [0, 0.05) is 0 Å². The number of carboxylic acid groups (broad SMARTS) is 1. The van der Waals surface area contributed by atoms with Crippen LogP contribution in [0.25, 0.3) is 0 Å². The topological polar surface area (TPSA) is 77.4 Å². The normalized spacial score (nSPS) is 14.1. The van der Waals surface area contributed by atoms with Crippen LogP contribution in [-0.2, 0) is 21.2 Å². The summed E-state index contributed by atoms with van der Waals surface area (Å²) in [4.78, 5) is 23.7. The van der Waals surface area contributed by atoms with Gasteiger partial charge in [0.2, 0.25) is 0 Å². The Bertz CT molecular complexity index is 597. The number of aliphatic carboxylic acids is 1. The molecule has 2 atom stereocenters. The van der Waals surface area contributed by atoms with Crippen molar-refractivity contribution in [3.63, 3.8) is 0 Å². The second kappa shape index (κ2) is 13.1. The Kier molecular flexibility index (Phi) is 11.6. The van der Waals surface area contributed by atoms with Crippen molar-refractivity contribution in [1.29, 1.82) is 0 Å². The predicted molar refractivity (Wildman–Crippen MR) is 114 cm³/mol. The van der Waals surface area contributed by atoms with Crippen molar-refractivity contribution in [2.24, 2.45) is 5.92 Å². The van der Waals surface area contributed by atoms with Gasteiger partial charge in [-0.25, -0.2) is 0 Å². The van der Waals surface area contributed by atoms with E-state index in [1.165, 1.54) is 32.1 Å². The lowest BCUT2D eigenvalue weighted by atomic mass is 9.77. The van der Waals surface area contributed by atoms with E-state index in [0.717, 1.165) is 31.2 Å². The summed E-state index contributed by atoms with van der Waals surface area (Å²) in [6, 6.07) is 7.52. The summed E-state index contributed by atoms with van der Waals surface area (Å²) in [5.41, 5.74) is 0.416. The lowest BCUT2D eigenvalue weighted by Gasteiger charge is -2.27. The molecule has 0 heterocycles. The van der Waals surface area contributed by atoms with Gasteiger partial charge in [-0.3, -0.25) is 4.79 Å². The minimum atomic E-state index is -2.78. The Hall–Kier alpha value is -1.25. The third-order valence-electron chi connectivity index (χ3n) is 5.42. The zero-order valence-corrected chi connectivity index (χ0v) is 18.7. The van der Waals surface area contributed by atoms with Gasteiger partial charge in [-0.15, -0.1) is 0 Å². The van der Waals surface area contributed by atoms with E-state index >= 15 is 0 Å². The summed E-state index contributed by atoms with van der Waals surface area (Å²) < 4.78 is 11.5. The quantitative estimate of drug-likeness (QED) is 0.292. The maximum Gasteiger partial charge on any atom is 0.318 e. The number of hydrogen-bond donors (Lipinski definition) is 1. The number of rotatable bonds is 15. The summed E-state index contributed by atoms with van der Waals surface area (Å²) in [6.45, 7) is 6.47. The second-order valence-corrected chi connectivity index (χ2v) is 9.38. The van der Waals surface area contributed by atoms with Crippen LogP contribution in [0, 0.1) is 5.92 Å². The highest BCUT2D eigenvalue weighted by Gasteiger charge is 2.44. The molecule has 1 aromatic carbocycles. The predicted octanol–water partition coefficient (Wildman–Crippen LogP) is 5.84. The Balaban J connectivity index is 2.80.